The standard InChI is InChI=1S/C16H17N3O3/c17-13-4-5-18-10-12(13)16(20)19-6-3-11-1-2-14-15(9-11)22-8-7-21-14/h1-2,4-5,9-10H,3,6-8H2,(H2,17,18)(H,19,20). The Labute approximate surface area is 128 Å². The molecule has 0 radical (unpaired) electrons. The number of fused-ring (bicyclic) bond motifs is 1. The molecule has 0 fully saturated rings. The first kappa shape index (κ1) is 14.2. The molecule has 0 bridgehead atoms. The van der Waals surface area contributed by atoms with E-state index in [1.165, 1.54) is 6.20 Å². The van der Waals surface area contributed by atoms with Crippen LogP contribution in [-0.4, -0.2) is 30.6 Å². The monoisotopic (exact) mass is 299 g/mol. The van der Waals surface area contributed by atoms with Gasteiger partial charge in [0.05, 0.1) is 5.56 Å². The van der Waals surface area contributed by atoms with Crippen molar-refractivity contribution in [3.63, 3.8) is 0 Å². The van der Waals surface area contributed by atoms with Crippen LogP contribution in [0.2, 0.25) is 0 Å². The molecule has 3 N–H and O–H groups in total. The molecular weight excluding hydrogens is 282 g/mol. The Hall–Kier alpha value is -2.76. The average molecular weight is 299 g/mol. The number of ether oxygens (including phenoxy) is 2. The smallest absolute Gasteiger partial charge is 0.254 e. The second-order valence-corrected chi connectivity index (χ2v) is 4.95. The SMILES string of the molecule is Nc1ccncc1C(=O)NCCc1ccc2c(c1)OCCO2. The maximum absolute atomic E-state index is 12.0. The number of rotatable bonds is 4. The van der Waals surface area contributed by atoms with Crippen molar-refractivity contribution >= 4 is 11.6 Å². The number of hydrogen-bond acceptors (Lipinski definition) is 5. The first-order valence-electron chi connectivity index (χ1n) is 7.10. The maximum Gasteiger partial charge on any atom is 0.254 e. The summed E-state index contributed by atoms with van der Waals surface area (Å²) in [6.45, 7) is 1.65. The number of hydrogen-bond donors (Lipinski definition) is 2. The largest absolute Gasteiger partial charge is 0.486 e. The van der Waals surface area contributed by atoms with Crippen molar-refractivity contribution in [3.8, 4) is 11.5 Å². The average Bonchev–Trinajstić information content (AvgIpc) is 2.55. The number of amides is 1. The molecule has 2 aromatic rings. The molecule has 6 heteroatoms. The number of carbonyl (C=O) groups excluding carboxylic acids is 1. The van der Waals surface area contributed by atoms with Gasteiger partial charge >= 0.3 is 0 Å². The lowest BCUT2D eigenvalue weighted by molar-refractivity contribution is 0.0954. The summed E-state index contributed by atoms with van der Waals surface area (Å²) in [6, 6.07) is 7.41. The summed E-state index contributed by atoms with van der Waals surface area (Å²) >= 11 is 0. The van der Waals surface area contributed by atoms with E-state index in [-0.39, 0.29) is 5.91 Å². The Morgan fingerprint density at radius 3 is 2.86 bits per heavy atom. The van der Waals surface area contributed by atoms with Crippen molar-refractivity contribution in [1.29, 1.82) is 0 Å². The fourth-order valence-electron chi connectivity index (χ4n) is 2.25. The fraction of sp³-hybridized carbons (Fsp3) is 0.250. The van der Waals surface area contributed by atoms with E-state index < -0.39 is 0 Å². The number of nitrogen functional groups attached to an aromatic ring is 1. The van der Waals surface area contributed by atoms with Gasteiger partial charge in [-0.25, -0.2) is 0 Å². The van der Waals surface area contributed by atoms with Crippen LogP contribution in [0.1, 0.15) is 15.9 Å². The molecule has 0 aliphatic carbocycles. The highest BCUT2D eigenvalue weighted by atomic mass is 16.6. The number of carbonyl (C=O) groups is 1. The van der Waals surface area contributed by atoms with Crippen molar-refractivity contribution in [2.24, 2.45) is 0 Å². The minimum Gasteiger partial charge on any atom is -0.486 e. The van der Waals surface area contributed by atoms with Gasteiger partial charge in [-0.1, -0.05) is 6.07 Å². The lowest BCUT2D eigenvalue weighted by Crippen LogP contribution is -2.26. The molecule has 3 rings (SSSR count). The van der Waals surface area contributed by atoms with Crippen LogP contribution in [0.25, 0.3) is 0 Å². The topological polar surface area (TPSA) is 86.5 Å². The number of nitrogens with zero attached hydrogens (tertiary/aromatic N) is 1. The Kier molecular flexibility index (Phi) is 4.09. The second-order valence-electron chi connectivity index (χ2n) is 4.95. The van der Waals surface area contributed by atoms with Gasteiger partial charge in [0.2, 0.25) is 0 Å². The molecule has 2 heterocycles. The van der Waals surface area contributed by atoms with Gasteiger partial charge in [-0.05, 0) is 30.2 Å². The summed E-state index contributed by atoms with van der Waals surface area (Å²) in [6.07, 6.45) is 3.72. The van der Waals surface area contributed by atoms with Crippen LogP contribution in [0.3, 0.4) is 0 Å². The number of anilines is 1. The quantitative estimate of drug-likeness (QED) is 0.891. The zero-order valence-corrected chi connectivity index (χ0v) is 12.0. The van der Waals surface area contributed by atoms with Crippen molar-refractivity contribution < 1.29 is 14.3 Å². The molecule has 0 unspecified atom stereocenters. The van der Waals surface area contributed by atoms with Crippen LogP contribution in [0.15, 0.2) is 36.7 Å². The highest BCUT2D eigenvalue weighted by Crippen LogP contribution is 2.30. The van der Waals surface area contributed by atoms with E-state index in [1.54, 1.807) is 12.3 Å². The number of pyridine rings is 1. The minimum absolute atomic E-state index is 0.219. The first-order chi connectivity index (χ1) is 10.7. The molecule has 1 aliphatic rings. The Morgan fingerprint density at radius 1 is 1.23 bits per heavy atom. The first-order valence-corrected chi connectivity index (χ1v) is 7.10. The number of benzene rings is 1. The van der Waals surface area contributed by atoms with Gasteiger partial charge in [-0.3, -0.25) is 9.78 Å². The summed E-state index contributed by atoms with van der Waals surface area (Å²) in [5, 5.41) is 2.84. The van der Waals surface area contributed by atoms with Gasteiger partial charge in [0, 0.05) is 24.6 Å². The van der Waals surface area contributed by atoms with Crippen molar-refractivity contribution in [1.82, 2.24) is 10.3 Å². The predicted molar refractivity (Wildman–Crippen MR) is 82.1 cm³/mol. The molecule has 1 aromatic heterocycles. The number of aromatic nitrogens is 1. The van der Waals surface area contributed by atoms with Crippen LogP contribution < -0.4 is 20.5 Å². The zero-order valence-electron chi connectivity index (χ0n) is 12.0. The molecule has 1 aliphatic heterocycles. The summed E-state index contributed by atoms with van der Waals surface area (Å²) in [5.74, 6) is 1.30. The number of nitrogens with two attached hydrogens (primary N) is 1. The molecule has 0 atom stereocenters. The Morgan fingerprint density at radius 2 is 2.05 bits per heavy atom. The van der Waals surface area contributed by atoms with E-state index in [0.717, 1.165) is 17.1 Å². The third kappa shape index (κ3) is 3.11. The second kappa shape index (κ2) is 6.34. The number of nitrogens with one attached hydrogen (secondary N) is 1. The molecular formula is C16H17N3O3. The third-order valence-electron chi connectivity index (χ3n) is 3.41. The van der Waals surface area contributed by atoms with Crippen LogP contribution >= 0.6 is 0 Å². The Bertz CT molecular complexity index is 688. The van der Waals surface area contributed by atoms with E-state index in [2.05, 4.69) is 10.3 Å². The molecule has 22 heavy (non-hydrogen) atoms. The van der Waals surface area contributed by atoms with E-state index in [9.17, 15) is 4.79 Å². The van der Waals surface area contributed by atoms with Gasteiger partial charge in [-0.2, -0.15) is 0 Å². The molecule has 1 aromatic carbocycles. The molecule has 114 valence electrons. The van der Waals surface area contributed by atoms with Crippen molar-refractivity contribution in [2.75, 3.05) is 25.5 Å². The lowest BCUT2D eigenvalue weighted by atomic mass is 10.1. The van der Waals surface area contributed by atoms with E-state index in [0.29, 0.717) is 37.4 Å². The van der Waals surface area contributed by atoms with Crippen LogP contribution in [-0.2, 0) is 6.42 Å². The molecule has 0 saturated heterocycles. The van der Waals surface area contributed by atoms with Gasteiger partial charge in [0.15, 0.2) is 11.5 Å². The predicted octanol–water partition coefficient (Wildman–Crippen LogP) is 1.41. The Balaban J connectivity index is 1.57. The van der Waals surface area contributed by atoms with Crippen molar-refractivity contribution in [3.05, 3.63) is 47.8 Å². The van der Waals surface area contributed by atoms with E-state index >= 15 is 0 Å². The minimum atomic E-state index is -0.219. The fourth-order valence-corrected chi connectivity index (χ4v) is 2.25. The maximum atomic E-state index is 12.0. The molecule has 0 saturated carbocycles. The summed E-state index contributed by atoms with van der Waals surface area (Å²) in [4.78, 5) is 15.9. The summed E-state index contributed by atoms with van der Waals surface area (Å²) in [5.41, 5.74) is 7.64. The van der Waals surface area contributed by atoms with Crippen LogP contribution in [0.5, 0.6) is 11.5 Å². The van der Waals surface area contributed by atoms with Gasteiger partial charge < -0.3 is 20.5 Å². The van der Waals surface area contributed by atoms with E-state index in [1.807, 2.05) is 18.2 Å². The van der Waals surface area contributed by atoms with Gasteiger partial charge in [-0.15, -0.1) is 0 Å². The van der Waals surface area contributed by atoms with Gasteiger partial charge in [0.1, 0.15) is 13.2 Å². The summed E-state index contributed by atoms with van der Waals surface area (Å²) in [7, 11) is 0. The third-order valence-corrected chi connectivity index (χ3v) is 3.41. The van der Waals surface area contributed by atoms with Crippen molar-refractivity contribution in [2.45, 2.75) is 6.42 Å². The normalized spacial score (nSPS) is 12.7. The molecule has 1 amide bonds. The molecule has 0 spiro atoms. The van der Waals surface area contributed by atoms with Gasteiger partial charge in [0.25, 0.3) is 5.91 Å². The highest BCUT2D eigenvalue weighted by molar-refractivity contribution is 5.98. The highest BCUT2D eigenvalue weighted by Gasteiger charge is 2.12. The van der Waals surface area contributed by atoms with E-state index in [4.69, 9.17) is 15.2 Å². The zero-order chi connectivity index (χ0) is 15.4. The molecule has 6 nitrogen and oxygen atoms in total. The summed E-state index contributed by atoms with van der Waals surface area (Å²) < 4.78 is 11.0. The van der Waals surface area contributed by atoms with Crippen LogP contribution in [0.4, 0.5) is 5.69 Å². The van der Waals surface area contributed by atoms with Crippen LogP contribution in [0, 0.1) is 0 Å². The lowest BCUT2D eigenvalue weighted by Gasteiger charge is -2.18.